The van der Waals surface area contributed by atoms with Crippen LogP contribution >= 0.6 is 0 Å². The van der Waals surface area contributed by atoms with Gasteiger partial charge in [0.05, 0.1) is 24.7 Å². The molecule has 0 amide bonds. The van der Waals surface area contributed by atoms with Crippen molar-refractivity contribution in [3.05, 3.63) is 12.5 Å². The van der Waals surface area contributed by atoms with Crippen molar-refractivity contribution in [1.82, 2.24) is 0 Å². The molecule has 2 fully saturated rings. The van der Waals surface area contributed by atoms with Gasteiger partial charge in [-0.15, -0.1) is 0 Å². The van der Waals surface area contributed by atoms with Gasteiger partial charge in [0.15, 0.2) is 0 Å². The maximum Gasteiger partial charge on any atom is 0.271 e. The molecule has 0 atom stereocenters. The van der Waals surface area contributed by atoms with E-state index < -0.39 is 6.48 Å². The van der Waals surface area contributed by atoms with Gasteiger partial charge >= 0.3 is 0 Å². The van der Waals surface area contributed by atoms with Crippen molar-refractivity contribution < 1.29 is 23.7 Å². The second-order valence-electron chi connectivity index (χ2n) is 4.54. The predicted octanol–water partition coefficient (Wildman–Crippen LogP) is 1.25. The quantitative estimate of drug-likeness (QED) is 0.714. The summed E-state index contributed by atoms with van der Waals surface area (Å²) in [5.74, 6) is 0.367. The second-order valence-corrected chi connectivity index (χ2v) is 4.54. The first-order chi connectivity index (χ1) is 7.60. The number of hydrogen-bond donors (Lipinski definition) is 0. The molecule has 0 bridgehead atoms. The Kier molecular flexibility index (Phi) is 3.37. The van der Waals surface area contributed by atoms with E-state index in [1.54, 1.807) is 0 Å². The first kappa shape index (κ1) is 11.7. The Hall–Kier alpha value is -0.780. The van der Waals surface area contributed by atoms with Gasteiger partial charge in [-0.3, -0.25) is 0 Å². The minimum absolute atomic E-state index is 0.0812. The minimum atomic E-state index is -0.573. The zero-order chi connectivity index (χ0) is 11.6. The summed E-state index contributed by atoms with van der Waals surface area (Å²) in [6, 6.07) is 0. The normalized spacial score (nSPS) is 25.6. The monoisotopic (exact) mass is 230 g/mol. The van der Waals surface area contributed by atoms with Gasteiger partial charge in [0, 0.05) is 0 Å². The van der Waals surface area contributed by atoms with Crippen molar-refractivity contribution in [2.45, 2.75) is 26.4 Å². The number of hydrogen-bond acceptors (Lipinski definition) is 5. The van der Waals surface area contributed by atoms with Crippen LogP contribution in [0.15, 0.2) is 12.5 Å². The van der Waals surface area contributed by atoms with Crippen molar-refractivity contribution in [3.63, 3.8) is 0 Å². The summed E-state index contributed by atoms with van der Waals surface area (Å²) < 4.78 is 26.9. The van der Waals surface area contributed by atoms with Crippen LogP contribution in [0.1, 0.15) is 13.8 Å². The molecular formula is C11H18O5. The molecule has 2 aliphatic rings. The zero-order valence-electron chi connectivity index (χ0n) is 9.73. The van der Waals surface area contributed by atoms with Crippen LogP contribution < -0.4 is 0 Å². The van der Waals surface area contributed by atoms with Gasteiger partial charge in [0.2, 0.25) is 0 Å². The van der Waals surface area contributed by atoms with Crippen molar-refractivity contribution in [2.24, 2.45) is 5.41 Å². The Labute approximate surface area is 95.3 Å². The van der Waals surface area contributed by atoms with E-state index in [9.17, 15) is 0 Å². The Bertz CT molecular complexity index is 243. The summed E-state index contributed by atoms with van der Waals surface area (Å²) in [5.41, 5.74) is -0.224. The summed E-state index contributed by atoms with van der Waals surface area (Å²) in [6.45, 7) is 8.95. The fraction of sp³-hybridized carbons (Fsp3) is 0.818. The maximum atomic E-state index is 5.48. The molecule has 5 heteroatoms. The molecule has 2 heterocycles. The summed E-state index contributed by atoms with van der Waals surface area (Å²) in [7, 11) is 0. The molecule has 5 nitrogen and oxygen atoms in total. The molecule has 0 radical (unpaired) electrons. The van der Waals surface area contributed by atoms with E-state index in [2.05, 4.69) is 6.58 Å². The molecule has 16 heavy (non-hydrogen) atoms. The molecule has 0 N–H and O–H groups in total. The third kappa shape index (κ3) is 2.66. The lowest BCUT2D eigenvalue weighted by atomic mass is 9.91. The predicted molar refractivity (Wildman–Crippen MR) is 55.4 cm³/mol. The van der Waals surface area contributed by atoms with Crippen LogP contribution in [0.3, 0.4) is 0 Å². The molecule has 2 saturated heterocycles. The third-order valence-corrected chi connectivity index (χ3v) is 2.51. The molecule has 0 saturated carbocycles. The summed E-state index contributed by atoms with van der Waals surface area (Å²) in [5, 5.41) is 0. The molecule has 0 aromatic carbocycles. The van der Waals surface area contributed by atoms with E-state index in [-0.39, 0.29) is 11.5 Å². The van der Waals surface area contributed by atoms with Gasteiger partial charge in [-0.05, 0) is 20.4 Å². The van der Waals surface area contributed by atoms with Crippen LogP contribution in [0.2, 0.25) is 0 Å². The summed E-state index contributed by atoms with van der Waals surface area (Å²) >= 11 is 0. The molecule has 0 aliphatic carbocycles. The van der Waals surface area contributed by atoms with Crippen LogP contribution in [0.4, 0.5) is 0 Å². The molecule has 2 aliphatic heterocycles. The SMILES string of the molecule is C=C1OCC2(CO1)COC(OC(C)C)OC2. The highest BCUT2D eigenvalue weighted by molar-refractivity contribution is 4.88. The standard InChI is InChI=1S/C11H18O5/c1-8(2)16-10-14-6-11(7-15-10)4-12-9(3)13-5-11/h8,10H,3-7H2,1-2H3. The van der Waals surface area contributed by atoms with Gasteiger partial charge in [0.1, 0.15) is 13.2 Å². The minimum Gasteiger partial charge on any atom is -0.465 e. The molecule has 0 unspecified atom stereocenters. The Balaban J connectivity index is 1.82. The molecule has 1 spiro atoms. The lowest BCUT2D eigenvalue weighted by Crippen LogP contribution is -2.50. The van der Waals surface area contributed by atoms with Crippen LogP contribution in [0.5, 0.6) is 0 Å². The Morgan fingerprint density at radius 2 is 1.75 bits per heavy atom. The van der Waals surface area contributed by atoms with E-state index in [0.717, 1.165) is 0 Å². The molecular weight excluding hydrogens is 212 g/mol. The lowest BCUT2D eigenvalue weighted by Gasteiger charge is -2.41. The first-order valence-corrected chi connectivity index (χ1v) is 5.43. The fourth-order valence-electron chi connectivity index (χ4n) is 1.60. The second kappa shape index (κ2) is 4.61. The van der Waals surface area contributed by atoms with E-state index >= 15 is 0 Å². The molecule has 2 rings (SSSR count). The highest BCUT2D eigenvalue weighted by Crippen LogP contribution is 2.31. The fourth-order valence-corrected chi connectivity index (χ4v) is 1.60. The third-order valence-electron chi connectivity index (χ3n) is 2.51. The average Bonchev–Trinajstić information content (AvgIpc) is 2.26. The first-order valence-electron chi connectivity index (χ1n) is 5.43. The van der Waals surface area contributed by atoms with E-state index in [1.807, 2.05) is 13.8 Å². The molecule has 0 aromatic rings. The zero-order valence-corrected chi connectivity index (χ0v) is 9.73. The van der Waals surface area contributed by atoms with Crippen LogP contribution in [-0.2, 0) is 23.7 Å². The van der Waals surface area contributed by atoms with Gasteiger partial charge in [-0.1, -0.05) is 0 Å². The number of rotatable bonds is 2. The Morgan fingerprint density at radius 1 is 1.19 bits per heavy atom. The molecule has 0 aromatic heterocycles. The van der Waals surface area contributed by atoms with Crippen molar-refractivity contribution >= 4 is 0 Å². The van der Waals surface area contributed by atoms with E-state index in [0.29, 0.717) is 32.4 Å². The summed E-state index contributed by atoms with van der Waals surface area (Å²) in [6.07, 6.45) is 0.0812. The van der Waals surface area contributed by atoms with Gasteiger partial charge < -0.3 is 23.7 Å². The van der Waals surface area contributed by atoms with Crippen LogP contribution in [0.25, 0.3) is 0 Å². The summed E-state index contributed by atoms with van der Waals surface area (Å²) in [4.78, 5) is 0. The van der Waals surface area contributed by atoms with Crippen molar-refractivity contribution in [2.75, 3.05) is 26.4 Å². The van der Waals surface area contributed by atoms with Crippen LogP contribution in [-0.4, -0.2) is 39.0 Å². The average molecular weight is 230 g/mol. The Morgan fingerprint density at radius 3 is 2.25 bits per heavy atom. The maximum absolute atomic E-state index is 5.48. The largest absolute Gasteiger partial charge is 0.465 e. The lowest BCUT2D eigenvalue weighted by molar-refractivity contribution is -0.358. The van der Waals surface area contributed by atoms with Crippen LogP contribution in [0, 0.1) is 5.41 Å². The van der Waals surface area contributed by atoms with E-state index in [1.165, 1.54) is 0 Å². The van der Waals surface area contributed by atoms with Gasteiger partial charge in [0.25, 0.3) is 12.4 Å². The van der Waals surface area contributed by atoms with Crippen molar-refractivity contribution in [1.29, 1.82) is 0 Å². The highest BCUT2D eigenvalue weighted by atomic mass is 16.9. The van der Waals surface area contributed by atoms with Gasteiger partial charge in [-0.25, -0.2) is 0 Å². The van der Waals surface area contributed by atoms with E-state index in [4.69, 9.17) is 23.7 Å². The molecule has 92 valence electrons. The topological polar surface area (TPSA) is 46.2 Å². The van der Waals surface area contributed by atoms with Gasteiger partial charge in [-0.2, -0.15) is 0 Å². The smallest absolute Gasteiger partial charge is 0.271 e. The van der Waals surface area contributed by atoms with Crippen molar-refractivity contribution in [3.8, 4) is 0 Å². The number of ether oxygens (including phenoxy) is 5. The highest BCUT2D eigenvalue weighted by Gasteiger charge is 2.42.